The Labute approximate surface area is 441 Å². The van der Waals surface area contributed by atoms with Gasteiger partial charge in [0.1, 0.15) is 30.5 Å². The lowest BCUT2D eigenvalue weighted by Gasteiger charge is -2.41. The zero-order chi connectivity index (χ0) is 52.4. The molecule has 13 heteroatoms. The Bertz CT molecular complexity index is 1340. The number of rotatable bonds is 54. The normalized spacial score (nSPS) is 19.0. The van der Waals surface area contributed by atoms with Crippen LogP contribution in [0.5, 0.6) is 0 Å². The van der Waals surface area contributed by atoms with Gasteiger partial charge in [-0.25, -0.2) is 4.18 Å². The first kappa shape index (κ1) is 68.6. The topological polar surface area (TPSA) is 178 Å². The molecular formula is C59H112O12S. The van der Waals surface area contributed by atoms with E-state index in [-0.39, 0.29) is 19.6 Å². The summed E-state index contributed by atoms with van der Waals surface area (Å²) < 4.78 is 59.5. The van der Waals surface area contributed by atoms with Gasteiger partial charge in [-0.3, -0.25) is 9.35 Å². The Hall–Kier alpha value is -1.42. The zero-order valence-electron chi connectivity index (χ0n) is 46.3. The first-order chi connectivity index (χ1) is 35.1. The quantitative estimate of drug-likeness (QED) is 0.0196. The fourth-order valence-corrected chi connectivity index (χ4v) is 10.0. The van der Waals surface area contributed by atoms with Gasteiger partial charge < -0.3 is 34.3 Å². The van der Waals surface area contributed by atoms with Crippen LogP contribution in [0.4, 0.5) is 0 Å². The number of unbranched alkanes of at least 4 members (excludes halogenated alkanes) is 37. The van der Waals surface area contributed by atoms with E-state index in [0.717, 1.165) is 44.9 Å². The summed E-state index contributed by atoms with van der Waals surface area (Å²) in [6.07, 6.45) is 52.2. The highest BCUT2D eigenvalue weighted by atomic mass is 32.3. The molecular weight excluding hydrogens is 933 g/mol. The summed E-state index contributed by atoms with van der Waals surface area (Å²) >= 11 is 0. The van der Waals surface area contributed by atoms with Gasteiger partial charge in [0.25, 0.3) is 0 Å². The fraction of sp³-hybridized carbons (Fsp3) is 0.915. The molecule has 0 spiro atoms. The monoisotopic (exact) mass is 1040 g/mol. The standard InChI is InChI=1S/C59H112O12S/c1-3-5-7-9-11-13-15-17-19-21-23-25-27-28-30-32-34-36-38-40-42-44-46-48-55(61)69-53(52-68-59-57(63)58(71-72(64,65)66)56(62)54(50-60)70-59)51-67-49-47-45-43-41-39-37-35-33-31-29-26-24-22-20-18-16-14-12-10-8-6-4-2/h16,18,22,24,53-54,56-60,62-63H,3-15,17,19-21,23,25-52H2,1-2H3,(H,64,65,66)/b18-16-,24-22-. The van der Waals surface area contributed by atoms with E-state index >= 15 is 0 Å². The minimum Gasteiger partial charge on any atom is -0.457 e. The van der Waals surface area contributed by atoms with Gasteiger partial charge in [0, 0.05) is 13.0 Å². The van der Waals surface area contributed by atoms with Crippen LogP contribution in [-0.2, 0) is 38.3 Å². The van der Waals surface area contributed by atoms with E-state index in [4.69, 9.17) is 18.9 Å². The lowest BCUT2D eigenvalue weighted by Crippen LogP contribution is -2.60. The number of carbonyl (C=O) groups excluding carboxylic acids is 1. The van der Waals surface area contributed by atoms with Crippen molar-refractivity contribution in [3.8, 4) is 0 Å². The maximum absolute atomic E-state index is 13.0. The summed E-state index contributed by atoms with van der Waals surface area (Å²) in [5.74, 6) is -0.393. The fourth-order valence-electron chi connectivity index (χ4n) is 9.53. The molecule has 72 heavy (non-hydrogen) atoms. The second-order valence-electron chi connectivity index (χ2n) is 20.9. The van der Waals surface area contributed by atoms with Gasteiger partial charge >= 0.3 is 16.4 Å². The number of esters is 1. The van der Waals surface area contributed by atoms with Gasteiger partial charge in [-0.05, 0) is 44.9 Å². The van der Waals surface area contributed by atoms with Crippen LogP contribution in [0.15, 0.2) is 24.3 Å². The number of carbonyl (C=O) groups is 1. The Kier molecular flexibility index (Phi) is 48.0. The van der Waals surface area contributed by atoms with E-state index in [2.05, 4.69) is 42.3 Å². The average Bonchev–Trinajstić information content (AvgIpc) is 3.36. The van der Waals surface area contributed by atoms with Crippen molar-refractivity contribution in [3.63, 3.8) is 0 Å². The molecule has 426 valence electrons. The van der Waals surface area contributed by atoms with Crippen LogP contribution in [0, 0.1) is 0 Å². The third kappa shape index (κ3) is 42.8. The third-order valence-corrected chi connectivity index (χ3v) is 14.5. The summed E-state index contributed by atoms with van der Waals surface area (Å²) in [4.78, 5) is 13.0. The molecule has 1 aliphatic rings. The average molecular weight is 1050 g/mol. The molecule has 1 saturated heterocycles. The van der Waals surface area contributed by atoms with Crippen molar-refractivity contribution in [1.29, 1.82) is 0 Å². The van der Waals surface area contributed by atoms with Crippen molar-refractivity contribution >= 4 is 16.4 Å². The molecule has 1 fully saturated rings. The lowest BCUT2D eigenvalue weighted by molar-refractivity contribution is -0.301. The number of aliphatic hydroxyl groups is 3. The molecule has 0 aliphatic carbocycles. The highest BCUT2D eigenvalue weighted by Gasteiger charge is 2.48. The molecule has 0 amide bonds. The highest BCUT2D eigenvalue weighted by molar-refractivity contribution is 7.80. The van der Waals surface area contributed by atoms with Gasteiger partial charge in [0.2, 0.25) is 0 Å². The van der Waals surface area contributed by atoms with E-state index in [1.165, 1.54) is 212 Å². The predicted octanol–water partition coefficient (Wildman–Crippen LogP) is 15.1. The van der Waals surface area contributed by atoms with Gasteiger partial charge in [-0.1, -0.05) is 256 Å². The maximum Gasteiger partial charge on any atom is 0.397 e. The molecule has 6 atom stereocenters. The molecule has 12 nitrogen and oxygen atoms in total. The van der Waals surface area contributed by atoms with E-state index in [1.807, 2.05) is 0 Å². The number of allylic oxidation sites excluding steroid dienone is 4. The van der Waals surface area contributed by atoms with Crippen molar-refractivity contribution < 1.29 is 56.2 Å². The van der Waals surface area contributed by atoms with Crippen LogP contribution in [0.2, 0.25) is 0 Å². The first-order valence-electron chi connectivity index (χ1n) is 30.1. The van der Waals surface area contributed by atoms with Gasteiger partial charge in [0.05, 0.1) is 19.8 Å². The van der Waals surface area contributed by atoms with E-state index in [1.54, 1.807) is 0 Å². The maximum atomic E-state index is 13.0. The number of ether oxygens (including phenoxy) is 4. The zero-order valence-corrected chi connectivity index (χ0v) is 47.1. The molecule has 1 aliphatic heterocycles. The molecule has 0 aromatic carbocycles. The summed E-state index contributed by atoms with van der Waals surface area (Å²) in [6.45, 7) is 4.04. The van der Waals surface area contributed by atoms with E-state index < -0.39 is 59.8 Å². The largest absolute Gasteiger partial charge is 0.457 e. The molecule has 4 N–H and O–H groups in total. The Morgan fingerprint density at radius 1 is 0.528 bits per heavy atom. The number of aliphatic hydroxyl groups excluding tert-OH is 3. The van der Waals surface area contributed by atoms with Crippen molar-refractivity contribution in [2.24, 2.45) is 0 Å². The summed E-state index contributed by atoms with van der Waals surface area (Å²) in [5, 5.41) is 30.9. The van der Waals surface area contributed by atoms with Crippen molar-refractivity contribution in [2.45, 2.75) is 320 Å². The Balaban J connectivity index is 2.27. The van der Waals surface area contributed by atoms with E-state index in [9.17, 15) is 33.1 Å². The molecule has 0 saturated carbocycles. The summed E-state index contributed by atoms with van der Waals surface area (Å²) in [7, 11) is -5.07. The minimum absolute atomic E-state index is 0.0387. The van der Waals surface area contributed by atoms with Crippen molar-refractivity contribution in [1.82, 2.24) is 0 Å². The van der Waals surface area contributed by atoms with Gasteiger partial charge in [-0.15, -0.1) is 0 Å². The van der Waals surface area contributed by atoms with Crippen molar-refractivity contribution in [3.05, 3.63) is 24.3 Å². The Morgan fingerprint density at radius 3 is 1.32 bits per heavy atom. The Morgan fingerprint density at radius 2 is 0.917 bits per heavy atom. The molecule has 0 bridgehead atoms. The van der Waals surface area contributed by atoms with Crippen molar-refractivity contribution in [2.75, 3.05) is 26.4 Å². The molecule has 6 unspecified atom stereocenters. The minimum atomic E-state index is -5.07. The lowest BCUT2D eigenvalue weighted by atomic mass is 9.99. The second kappa shape index (κ2) is 50.4. The number of hydrogen-bond acceptors (Lipinski definition) is 11. The first-order valence-corrected chi connectivity index (χ1v) is 31.5. The van der Waals surface area contributed by atoms with Crippen LogP contribution < -0.4 is 0 Å². The highest BCUT2D eigenvalue weighted by Crippen LogP contribution is 2.26. The summed E-state index contributed by atoms with van der Waals surface area (Å²) in [5.41, 5.74) is 0. The SMILES string of the molecule is CCCCCCC/C=C\C/C=C\CCCCCCCCCCCCOCC(COC1OC(CO)C(O)C(OS(=O)(=O)O)C1O)OC(=O)CCCCCCCCCCCCCCCCCCCCCCCCC. The predicted molar refractivity (Wildman–Crippen MR) is 294 cm³/mol. The van der Waals surface area contributed by atoms with Crippen LogP contribution in [0.3, 0.4) is 0 Å². The molecule has 0 aromatic heterocycles. The van der Waals surface area contributed by atoms with Crippen LogP contribution in [0.1, 0.15) is 284 Å². The molecule has 0 radical (unpaired) electrons. The number of hydrogen-bond donors (Lipinski definition) is 4. The third-order valence-electron chi connectivity index (χ3n) is 14.1. The van der Waals surface area contributed by atoms with Gasteiger partial charge in [0.15, 0.2) is 6.29 Å². The molecule has 0 aromatic rings. The van der Waals surface area contributed by atoms with Crippen LogP contribution in [-0.4, -0.2) is 97.5 Å². The van der Waals surface area contributed by atoms with Crippen LogP contribution >= 0.6 is 0 Å². The second-order valence-corrected chi connectivity index (χ2v) is 22.0. The smallest absolute Gasteiger partial charge is 0.397 e. The van der Waals surface area contributed by atoms with Crippen LogP contribution in [0.25, 0.3) is 0 Å². The van der Waals surface area contributed by atoms with Gasteiger partial charge in [-0.2, -0.15) is 8.42 Å². The van der Waals surface area contributed by atoms with E-state index in [0.29, 0.717) is 13.0 Å². The molecule has 1 rings (SSSR count). The molecule has 1 heterocycles. The summed E-state index contributed by atoms with van der Waals surface area (Å²) in [6, 6.07) is 0.